The molecule has 0 aliphatic heterocycles. The number of rotatable bonds is 9. The fourth-order valence-corrected chi connectivity index (χ4v) is 8.83. The van der Waals surface area contributed by atoms with Gasteiger partial charge in [-0.25, -0.2) is 25.3 Å². The second-order valence-electron chi connectivity index (χ2n) is 13.8. The molecule has 8 aromatic rings. The molecule has 8 rings (SSSR count). The first-order valence-corrected chi connectivity index (χ1v) is 22.1. The van der Waals surface area contributed by atoms with Gasteiger partial charge in [-0.1, -0.05) is 66.2 Å². The minimum absolute atomic E-state index is 0. The number of aryl methyl sites for hydroxylation is 2. The molecule has 0 saturated heterocycles. The summed E-state index contributed by atoms with van der Waals surface area (Å²) in [6, 6.07) is 29.7. The van der Waals surface area contributed by atoms with Gasteiger partial charge in [0.05, 0.1) is 43.1 Å². The quantitative estimate of drug-likeness (QED) is 0.100. The van der Waals surface area contributed by atoms with E-state index >= 15 is 0 Å². The van der Waals surface area contributed by atoms with Gasteiger partial charge in [0.25, 0.3) is 0 Å². The summed E-state index contributed by atoms with van der Waals surface area (Å²) in [5, 5.41) is 39.5. The fraction of sp³-hybridized carbons (Fsp3) is 0.0476. The Labute approximate surface area is 461 Å². The molecule has 0 amide bonds. The molecular weight excluding hydrogens is 937 g/mol. The third kappa shape index (κ3) is 11.7. The topological polar surface area (TPSA) is 266 Å². The molecule has 0 spiro atoms. The van der Waals surface area contributed by atoms with E-state index in [0.29, 0.717) is 32.8 Å². The van der Waals surface area contributed by atoms with Crippen LogP contribution < -0.4 is 118 Å². The van der Waals surface area contributed by atoms with Crippen LogP contribution in [0, 0.1) is 13.8 Å². The van der Waals surface area contributed by atoms with Crippen LogP contribution >= 0.6 is 0 Å². The Hall–Kier alpha value is -2.87. The van der Waals surface area contributed by atoms with Crippen LogP contribution in [-0.4, -0.2) is 44.0 Å². The molecule has 0 heterocycles. The number of nitrogens with zero attached hydrogens (tertiary/aromatic N) is 6. The second kappa shape index (κ2) is 21.6. The van der Waals surface area contributed by atoms with Crippen LogP contribution in [-0.2, 0) is 30.4 Å². The molecule has 1 N–H and O–H groups in total. The Bertz CT molecular complexity index is 3640. The summed E-state index contributed by atoms with van der Waals surface area (Å²) in [6.07, 6.45) is 0. The van der Waals surface area contributed by atoms with Crippen molar-refractivity contribution in [3.05, 3.63) is 132 Å². The number of fused-ring (bicyclic) bond motifs is 4. The van der Waals surface area contributed by atoms with Crippen molar-refractivity contribution in [3.63, 3.8) is 0 Å². The van der Waals surface area contributed by atoms with Gasteiger partial charge in [0.1, 0.15) is 36.0 Å². The van der Waals surface area contributed by atoms with Crippen LogP contribution in [0.2, 0.25) is 0 Å². The van der Waals surface area contributed by atoms with E-state index in [1.54, 1.807) is 55.5 Å². The average Bonchev–Trinajstić information content (AvgIpc) is 3.20. The van der Waals surface area contributed by atoms with Crippen molar-refractivity contribution in [1.82, 2.24) is 0 Å². The van der Waals surface area contributed by atoms with Gasteiger partial charge in [-0.2, -0.15) is 5.11 Å². The Morgan fingerprint density at radius 3 is 1.51 bits per heavy atom. The monoisotopic (exact) mass is 963 g/mol. The summed E-state index contributed by atoms with van der Waals surface area (Å²) in [5.74, 6) is -0.0828. The zero-order valence-electron chi connectivity index (χ0n) is 35.6. The molecule has 0 aromatic heterocycles. The molecule has 23 heteroatoms. The van der Waals surface area contributed by atoms with Gasteiger partial charge in [0, 0.05) is 37.7 Å². The van der Waals surface area contributed by atoms with Crippen LogP contribution in [0.3, 0.4) is 0 Å². The molecule has 0 radical (unpaired) electrons. The van der Waals surface area contributed by atoms with Gasteiger partial charge >= 0.3 is 118 Å². The Balaban J connectivity index is 0.00000231. The molecule has 0 saturated carbocycles. The zero-order valence-corrected chi connectivity index (χ0v) is 46.0. The first-order valence-electron chi connectivity index (χ1n) is 17.9. The Morgan fingerprint density at radius 2 is 0.938 bits per heavy atom. The smallest absolute Gasteiger partial charge is 0.744 e. The van der Waals surface area contributed by atoms with E-state index in [2.05, 4.69) is 30.7 Å². The van der Waals surface area contributed by atoms with Crippen LogP contribution in [0.5, 0.6) is 5.75 Å². The third-order valence-electron chi connectivity index (χ3n) is 9.78. The summed E-state index contributed by atoms with van der Waals surface area (Å²) in [6.45, 7) is 3.71. The molecular formula is C42H27N6Na4O10S3+. The zero-order chi connectivity index (χ0) is 43.4. The normalized spacial score (nSPS) is 12.1. The predicted octanol–water partition coefficient (Wildman–Crippen LogP) is -1.40. The molecule has 65 heavy (non-hydrogen) atoms. The molecule has 0 atom stereocenters. The number of phenolic OH excluding ortho intramolecular Hbond substituents is 1. The number of hydrogen-bond acceptors (Lipinski definition) is 16. The van der Waals surface area contributed by atoms with E-state index in [1.165, 1.54) is 24.3 Å². The number of azo groups is 3. The standard InChI is InChI=1S/C42H30N6O10S3.4Na/c1-23-10-12-28-25(18-23)19-24(2)41(42(28)49)48-47-38-17-16-37(31-13-11-27(22-33(31)38)59(50,51)52)46-45-36-15-14-35(29-6-3-4-7-30(29)36)44-43-26-20-34-32(40(21-26)61(56,57)58)8-5-9-39(34)60(53,54)55;;;;/h3-22,49H,1-2H3,(H,50,51,52)(H,53,54,55)(H,56,57,58);;;;/q;4*+1/p-3. The fourth-order valence-electron chi connectivity index (χ4n) is 6.94. The summed E-state index contributed by atoms with van der Waals surface area (Å²) >= 11 is 0. The Kier molecular flexibility index (Phi) is 18.2. The maximum Gasteiger partial charge on any atom is 1.00 e. The number of phenols is 1. The summed E-state index contributed by atoms with van der Waals surface area (Å²) in [7, 11) is -15.1. The van der Waals surface area contributed by atoms with Crippen molar-refractivity contribution < 1.29 is 162 Å². The number of aromatic hydroxyl groups is 1. The van der Waals surface area contributed by atoms with E-state index in [-0.39, 0.29) is 169 Å². The van der Waals surface area contributed by atoms with Crippen molar-refractivity contribution in [3.8, 4) is 5.75 Å². The van der Waals surface area contributed by atoms with Gasteiger partial charge in [-0.05, 0) is 85.5 Å². The van der Waals surface area contributed by atoms with Crippen molar-refractivity contribution >= 4 is 108 Å². The summed E-state index contributed by atoms with van der Waals surface area (Å²) < 4.78 is 109. The van der Waals surface area contributed by atoms with E-state index in [9.17, 15) is 44.0 Å². The minimum atomic E-state index is -5.15. The van der Waals surface area contributed by atoms with Gasteiger partial charge in [0.15, 0.2) is 5.75 Å². The van der Waals surface area contributed by atoms with Crippen molar-refractivity contribution in [2.24, 2.45) is 30.7 Å². The molecule has 0 unspecified atom stereocenters. The van der Waals surface area contributed by atoms with Crippen LogP contribution in [0.25, 0.3) is 43.1 Å². The van der Waals surface area contributed by atoms with Crippen molar-refractivity contribution in [1.29, 1.82) is 0 Å². The predicted molar refractivity (Wildman–Crippen MR) is 223 cm³/mol. The Morgan fingerprint density at radius 1 is 0.431 bits per heavy atom. The largest absolute Gasteiger partial charge is 1.00 e. The molecule has 306 valence electrons. The average molecular weight is 964 g/mol. The molecule has 16 nitrogen and oxygen atoms in total. The first kappa shape index (κ1) is 54.7. The molecule has 0 bridgehead atoms. The van der Waals surface area contributed by atoms with Gasteiger partial charge in [-0.3, -0.25) is 0 Å². The van der Waals surface area contributed by atoms with Crippen molar-refractivity contribution in [2.45, 2.75) is 28.5 Å². The third-order valence-corrected chi connectivity index (χ3v) is 12.4. The molecule has 0 fully saturated rings. The number of benzene rings is 8. The van der Waals surface area contributed by atoms with Gasteiger partial charge in [0.2, 0.25) is 0 Å². The minimum Gasteiger partial charge on any atom is -0.744 e. The van der Waals surface area contributed by atoms with Gasteiger partial charge in [-0.15, -0.1) is 25.6 Å². The van der Waals surface area contributed by atoms with E-state index in [0.717, 1.165) is 41.3 Å². The maximum absolute atomic E-state index is 12.2. The van der Waals surface area contributed by atoms with E-state index in [1.807, 2.05) is 25.1 Å². The van der Waals surface area contributed by atoms with Crippen LogP contribution in [0.15, 0.2) is 167 Å². The summed E-state index contributed by atoms with van der Waals surface area (Å²) in [4.78, 5) is -2.03. The molecule has 8 aromatic carbocycles. The van der Waals surface area contributed by atoms with Crippen molar-refractivity contribution in [2.75, 3.05) is 0 Å². The number of hydrogen-bond donors (Lipinski definition) is 1. The van der Waals surface area contributed by atoms with Crippen LogP contribution in [0.1, 0.15) is 11.1 Å². The van der Waals surface area contributed by atoms with E-state index < -0.39 is 45.0 Å². The summed E-state index contributed by atoms with van der Waals surface area (Å²) in [5.41, 5.74) is 2.72. The molecule has 0 aliphatic rings. The molecule has 0 aliphatic carbocycles. The second-order valence-corrected chi connectivity index (χ2v) is 17.9. The first-order chi connectivity index (χ1) is 28.9. The van der Waals surface area contributed by atoms with Gasteiger partial charge < -0.3 is 18.8 Å². The van der Waals surface area contributed by atoms with E-state index in [4.69, 9.17) is 0 Å². The maximum atomic E-state index is 12.2. The van der Waals surface area contributed by atoms with Crippen LogP contribution in [0.4, 0.5) is 34.1 Å². The SMILES string of the molecule is Cc1ccc2c(O)c(N=Nc3ccc(N=Nc4ccc(N=Nc5cc(S(=O)(=O)[O-])c6cccc(S(=O)(=O)[O-])c6c5)c5ccccc45)c4ccc(S(=O)(=O)[O-])cc34)c(C)cc2c1.[Na+].[Na+].[Na+].[Na+].